The summed E-state index contributed by atoms with van der Waals surface area (Å²) in [5, 5.41) is 23.5. The summed E-state index contributed by atoms with van der Waals surface area (Å²) < 4.78 is 0. The van der Waals surface area contributed by atoms with Crippen LogP contribution in [0.15, 0.2) is 18.2 Å². The second-order valence-corrected chi connectivity index (χ2v) is 5.13. The standard InChI is InChI=1S/C14H21N3O3/c18-14-5-4-12(11-13(14)17(19)20)3-1-2-8-16-9-6-15-7-10-16/h4-5,11,15,18H,1-3,6-10H2. The number of phenols is 1. The van der Waals surface area contributed by atoms with Gasteiger partial charge in [0.2, 0.25) is 0 Å². The molecule has 6 nitrogen and oxygen atoms in total. The molecule has 0 atom stereocenters. The van der Waals surface area contributed by atoms with Crippen molar-refractivity contribution in [3.8, 4) is 5.75 Å². The van der Waals surface area contributed by atoms with Crippen LogP contribution in [-0.2, 0) is 6.42 Å². The average molecular weight is 279 g/mol. The SMILES string of the molecule is O=[N+]([O-])c1cc(CCCCN2CCNCC2)ccc1O. The first-order chi connectivity index (χ1) is 9.66. The first-order valence-electron chi connectivity index (χ1n) is 7.06. The molecule has 0 radical (unpaired) electrons. The van der Waals surface area contributed by atoms with Crippen molar-refractivity contribution in [1.82, 2.24) is 10.2 Å². The van der Waals surface area contributed by atoms with E-state index in [1.165, 1.54) is 12.1 Å². The van der Waals surface area contributed by atoms with Gasteiger partial charge in [0.05, 0.1) is 4.92 Å². The Labute approximate surface area is 118 Å². The van der Waals surface area contributed by atoms with Crippen molar-refractivity contribution in [2.45, 2.75) is 19.3 Å². The third-order valence-corrected chi connectivity index (χ3v) is 3.64. The second kappa shape index (κ2) is 7.21. The summed E-state index contributed by atoms with van der Waals surface area (Å²) in [6.45, 7) is 5.41. The molecule has 0 aliphatic carbocycles. The van der Waals surface area contributed by atoms with Gasteiger partial charge in [-0.15, -0.1) is 0 Å². The predicted octanol–water partition coefficient (Wildman–Crippen LogP) is 1.53. The van der Waals surface area contributed by atoms with Gasteiger partial charge in [-0.25, -0.2) is 0 Å². The molecule has 6 heteroatoms. The second-order valence-electron chi connectivity index (χ2n) is 5.13. The topological polar surface area (TPSA) is 78.6 Å². The van der Waals surface area contributed by atoms with E-state index in [1.54, 1.807) is 6.07 Å². The Morgan fingerprint density at radius 3 is 2.75 bits per heavy atom. The lowest BCUT2D eigenvalue weighted by Crippen LogP contribution is -2.43. The normalized spacial score (nSPS) is 16.2. The highest BCUT2D eigenvalue weighted by Gasteiger charge is 2.13. The van der Waals surface area contributed by atoms with E-state index in [1.807, 2.05) is 0 Å². The summed E-state index contributed by atoms with van der Waals surface area (Å²) in [5.41, 5.74) is 0.708. The smallest absolute Gasteiger partial charge is 0.310 e. The Hall–Kier alpha value is -1.66. The number of hydrogen-bond donors (Lipinski definition) is 2. The van der Waals surface area contributed by atoms with Crippen molar-refractivity contribution < 1.29 is 10.0 Å². The van der Waals surface area contributed by atoms with Crippen LogP contribution in [0, 0.1) is 10.1 Å². The highest BCUT2D eigenvalue weighted by Crippen LogP contribution is 2.26. The molecular weight excluding hydrogens is 258 g/mol. The molecule has 0 spiro atoms. The van der Waals surface area contributed by atoms with E-state index in [9.17, 15) is 15.2 Å². The number of unbranched alkanes of at least 4 members (excludes halogenated alkanes) is 1. The Kier molecular flexibility index (Phi) is 5.31. The highest BCUT2D eigenvalue weighted by molar-refractivity contribution is 5.47. The number of rotatable bonds is 6. The maximum absolute atomic E-state index is 10.7. The predicted molar refractivity (Wildman–Crippen MR) is 77.0 cm³/mol. The minimum absolute atomic E-state index is 0.204. The van der Waals surface area contributed by atoms with E-state index in [0.717, 1.165) is 57.5 Å². The Balaban J connectivity index is 1.76. The molecule has 0 bridgehead atoms. The summed E-state index contributed by atoms with van der Waals surface area (Å²) in [6, 6.07) is 4.64. The number of nitro groups is 1. The van der Waals surface area contributed by atoms with Gasteiger partial charge < -0.3 is 15.3 Å². The molecule has 0 amide bonds. The Morgan fingerprint density at radius 1 is 1.30 bits per heavy atom. The monoisotopic (exact) mass is 279 g/mol. The van der Waals surface area contributed by atoms with E-state index in [4.69, 9.17) is 0 Å². The summed E-state index contributed by atoms with van der Waals surface area (Å²) in [5.74, 6) is -0.264. The lowest BCUT2D eigenvalue weighted by molar-refractivity contribution is -0.385. The van der Waals surface area contributed by atoms with Gasteiger partial charge in [0, 0.05) is 32.2 Å². The lowest BCUT2D eigenvalue weighted by atomic mass is 10.1. The third kappa shape index (κ3) is 4.18. The lowest BCUT2D eigenvalue weighted by Gasteiger charge is -2.27. The van der Waals surface area contributed by atoms with Crippen LogP contribution in [0.1, 0.15) is 18.4 Å². The zero-order valence-corrected chi connectivity index (χ0v) is 11.5. The van der Waals surface area contributed by atoms with Crippen LogP contribution in [0.5, 0.6) is 5.75 Å². The molecule has 2 rings (SSSR count). The van der Waals surface area contributed by atoms with Gasteiger partial charge in [-0.2, -0.15) is 0 Å². The van der Waals surface area contributed by atoms with Crippen LogP contribution in [0.25, 0.3) is 0 Å². The van der Waals surface area contributed by atoms with Gasteiger partial charge in [0.15, 0.2) is 5.75 Å². The van der Waals surface area contributed by atoms with Crippen LogP contribution in [0.2, 0.25) is 0 Å². The maximum atomic E-state index is 10.7. The highest BCUT2D eigenvalue weighted by atomic mass is 16.6. The van der Waals surface area contributed by atoms with Crippen molar-refractivity contribution in [3.05, 3.63) is 33.9 Å². The molecule has 0 unspecified atom stereocenters. The number of phenolic OH excluding ortho intramolecular Hbond substituents is 1. The fraction of sp³-hybridized carbons (Fsp3) is 0.571. The Bertz CT molecular complexity index is 459. The number of aryl methyl sites for hydroxylation is 1. The van der Waals surface area contributed by atoms with Gasteiger partial charge in [0.25, 0.3) is 0 Å². The van der Waals surface area contributed by atoms with Crippen molar-refractivity contribution in [2.24, 2.45) is 0 Å². The molecule has 0 aromatic heterocycles. The van der Waals surface area contributed by atoms with Crippen LogP contribution in [0.3, 0.4) is 0 Å². The zero-order valence-electron chi connectivity index (χ0n) is 11.5. The molecule has 2 N–H and O–H groups in total. The molecule has 1 aliphatic rings. The first kappa shape index (κ1) is 14.7. The molecule has 1 aliphatic heterocycles. The summed E-state index contributed by atoms with van der Waals surface area (Å²) in [6.07, 6.45) is 2.91. The van der Waals surface area contributed by atoms with Gasteiger partial charge in [-0.05, 0) is 37.4 Å². The average Bonchev–Trinajstić information content (AvgIpc) is 2.46. The third-order valence-electron chi connectivity index (χ3n) is 3.64. The number of hydrogen-bond acceptors (Lipinski definition) is 5. The fourth-order valence-electron chi connectivity index (χ4n) is 2.47. The molecule has 1 saturated heterocycles. The summed E-state index contributed by atoms with van der Waals surface area (Å²) in [7, 11) is 0. The number of aromatic hydroxyl groups is 1. The summed E-state index contributed by atoms with van der Waals surface area (Å²) in [4.78, 5) is 12.6. The van der Waals surface area contributed by atoms with Gasteiger partial charge in [-0.1, -0.05) is 6.07 Å². The van der Waals surface area contributed by atoms with E-state index in [2.05, 4.69) is 10.2 Å². The minimum atomic E-state index is -0.542. The first-order valence-corrected chi connectivity index (χ1v) is 7.06. The Morgan fingerprint density at radius 2 is 2.05 bits per heavy atom. The molecule has 0 saturated carbocycles. The van der Waals surface area contributed by atoms with E-state index in [0.29, 0.717) is 0 Å². The molecule has 110 valence electrons. The number of piperazine rings is 1. The van der Waals surface area contributed by atoms with Gasteiger partial charge >= 0.3 is 5.69 Å². The molecule has 1 fully saturated rings. The number of benzene rings is 1. The van der Waals surface area contributed by atoms with E-state index < -0.39 is 4.92 Å². The van der Waals surface area contributed by atoms with E-state index >= 15 is 0 Å². The molecule has 20 heavy (non-hydrogen) atoms. The quantitative estimate of drug-likeness (QED) is 0.469. The summed E-state index contributed by atoms with van der Waals surface area (Å²) >= 11 is 0. The van der Waals surface area contributed by atoms with Crippen molar-refractivity contribution in [1.29, 1.82) is 0 Å². The van der Waals surface area contributed by atoms with Gasteiger partial charge in [-0.3, -0.25) is 10.1 Å². The van der Waals surface area contributed by atoms with Crippen molar-refractivity contribution in [2.75, 3.05) is 32.7 Å². The number of nitrogens with one attached hydrogen (secondary N) is 1. The van der Waals surface area contributed by atoms with Crippen LogP contribution in [0.4, 0.5) is 5.69 Å². The number of nitro benzene ring substituents is 1. The maximum Gasteiger partial charge on any atom is 0.310 e. The molecule has 1 heterocycles. The van der Waals surface area contributed by atoms with Crippen molar-refractivity contribution in [3.63, 3.8) is 0 Å². The molecular formula is C14H21N3O3. The van der Waals surface area contributed by atoms with Crippen LogP contribution >= 0.6 is 0 Å². The van der Waals surface area contributed by atoms with Crippen LogP contribution < -0.4 is 5.32 Å². The fourth-order valence-corrected chi connectivity index (χ4v) is 2.47. The zero-order chi connectivity index (χ0) is 14.4. The van der Waals surface area contributed by atoms with E-state index in [-0.39, 0.29) is 11.4 Å². The minimum Gasteiger partial charge on any atom is -0.502 e. The number of nitrogens with zero attached hydrogens (tertiary/aromatic N) is 2. The molecule has 1 aromatic rings. The van der Waals surface area contributed by atoms with Crippen molar-refractivity contribution >= 4 is 5.69 Å². The largest absolute Gasteiger partial charge is 0.502 e. The molecule has 1 aromatic carbocycles. The van der Waals surface area contributed by atoms with Gasteiger partial charge in [0.1, 0.15) is 0 Å². The van der Waals surface area contributed by atoms with Crippen LogP contribution in [-0.4, -0.2) is 47.7 Å².